The van der Waals surface area contributed by atoms with Gasteiger partial charge in [-0.05, 0) is 53.1 Å². The Morgan fingerprint density at radius 1 is 1.12 bits per heavy atom. The molecule has 2 aromatic carbocycles. The van der Waals surface area contributed by atoms with Crippen molar-refractivity contribution in [2.75, 3.05) is 20.2 Å². The number of carbonyl (C=O) groups excluding carboxylic acids is 2. The summed E-state index contributed by atoms with van der Waals surface area (Å²) >= 11 is 0. The Morgan fingerprint density at radius 3 is 2.39 bits per heavy atom. The summed E-state index contributed by atoms with van der Waals surface area (Å²) in [5.41, 5.74) is 0.0110. The molecule has 1 amide bonds. The predicted octanol–water partition coefficient (Wildman–Crippen LogP) is 5.11. The zero-order valence-electron chi connectivity index (χ0n) is 17.5. The zero-order valence-corrected chi connectivity index (χ0v) is 17.5. The lowest BCUT2D eigenvalue weighted by Gasteiger charge is -2.36. The van der Waals surface area contributed by atoms with Crippen molar-refractivity contribution in [2.24, 2.45) is 11.1 Å². The molecular formula is C22H20F4N2O5. The number of alkyl halides is 3. The fourth-order valence-corrected chi connectivity index (χ4v) is 3.74. The van der Waals surface area contributed by atoms with Crippen LogP contribution in [0.25, 0.3) is 0 Å². The zero-order chi connectivity index (χ0) is 24.2. The first kappa shape index (κ1) is 24.1. The third kappa shape index (κ3) is 6.27. The van der Waals surface area contributed by atoms with Crippen LogP contribution in [0.3, 0.4) is 0 Å². The lowest BCUT2D eigenvalue weighted by Crippen LogP contribution is -2.46. The first-order chi connectivity index (χ1) is 15.6. The Hall–Kier alpha value is -3.50. The van der Waals surface area contributed by atoms with Gasteiger partial charge in [0.25, 0.3) is 0 Å². The van der Waals surface area contributed by atoms with Gasteiger partial charge in [0.05, 0.1) is 19.4 Å². The van der Waals surface area contributed by atoms with Gasteiger partial charge in [0.1, 0.15) is 17.3 Å². The van der Waals surface area contributed by atoms with Gasteiger partial charge in [-0.1, -0.05) is 12.1 Å². The minimum absolute atomic E-state index is 0.00930. The van der Waals surface area contributed by atoms with Crippen LogP contribution in [0.15, 0.2) is 47.6 Å². The molecule has 1 saturated heterocycles. The Labute approximate surface area is 186 Å². The van der Waals surface area contributed by atoms with E-state index >= 15 is 0 Å². The van der Waals surface area contributed by atoms with Gasteiger partial charge < -0.3 is 14.4 Å². The van der Waals surface area contributed by atoms with Crippen LogP contribution in [0, 0.1) is 16.6 Å². The molecule has 33 heavy (non-hydrogen) atoms. The molecule has 7 nitrogen and oxygen atoms in total. The normalized spacial score (nSPS) is 18.5. The average Bonchev–Trinajstić information content (AvgIpc) is 2.79. The summed E-state index contributed by atoms with van der Waals surface area (Å²) in [6.07, 6.45) is -6.52. The van der Waals surface area contributed by atoms with E-state index in [1.807, 2.05) is 0 Å². The van der Waals surface area contributed by atoms with E-state index in [1.165, 1.54) is 42.3 Å². The van der Waals surface area contributed by atoms with Crippen LogP contribution >= 0.6 is 0 Å². The number of amides is 1. The maximum absolute atomic E-state index is 14.3. The van der Waals surface area contributed by atoms with E-state index in [9.17, 15) is 32.1 Å². The van der Waals surface area contributed by atoms with Gasteiger partial charge >= 0.3 is 18.2 Å². The second-order valence-corrected chi connectivity index (χ2v) is 7.65. The molecule has 1 aliphatic rings. The number of rotatable bonds is 5. The molecular weight excluding hydrogens is 448 g/mol. The maximum atomic E-state index is 14.3. The summed E-state index contributed by atoms with van der Waals surface area (Å²) in [6.45, 7) is 0.0446. The lowest BCUT2D eigenvalue weighted by atomic mass is 9.84. The highest BCUT2D eigenvalue weighted by atomic mass is 19.4. The van der Waals surface area contributed by atoms with Gasteiger partial charge in [-0.25, -0.2) is 9.18 Å². The van der Waals surface area contributed by atoms with Gasteiger partial charge in [0.2, 0.25) is 0 Å². The Morgan fingerprint density at radius 2 is 1.82 bits per heavy atom. The Kier molecular flexibility index (Phi) is 7.29. The summed E-state index contributed by atoms with van der Waals surface area (Å²) in [7, 11) is 1.20. The molecule has 0 saturated carbocycles. The van der Waals surface area contributed by atoms with Crippen molar-refractivity contribution in [1.82, 2.24) is 4.90 Å². The van der Waals surface area contributed by atoms with Crippen LogP contribution in [0.4, 0.5) is 28.0 Å². The third-order valence-electron chi connectivity index (χ3n) is 5.33. The summed E-state index contributed by atoms with van der Waals surface area (Å²) in [6, 6.07) is 8.90. The van der Waals surface area contributed by atoms with E-state index in [2.05, 4.69) is 5.18 Å². The van der Waals surface area contributed by atoms with Crippen molar-refractivity contribution >= 4 is 17.7 Å². The van der Waals surface area contributed by atoms with E-state index in [4.69, 9.17) is 9.47 Å². The van der Waals surface area contributed by atoms with E-state index in [1.54, 1.807) is 0 Å². The molecule has 0 radical (unpaired) electrons. The Bertz CT molecular complexity index is 1030. The molecule has 2 atom stereocenters. The molecule has 0 aromatic heterocycles. The molecule has 3 rings (SSSR count). The highest BCUT2D eigenvalue weighted by Gasteiger charge is 2.36. The number of esters is 1. The second-order valence-electron chi connectivity index (χ2n) is 7.65. The molecule has 0 N–H and O–H groups in total. The van der Waals surface area contributed by atoms with Crippen molar-refractivity contribution in [3.63, 3.8) is 0 Å². The molecule has 1 heterocycles. The number of hydrogen-bond acceptors (Lipinski definition) is 6. The van der Waals surface area contributed by atoms with Crippen LogP contribution < -0.4 is 4.74 Å². The number of benzene rings is 2. The number of ether oxygens (including phenoxy) is 2. The van der Waals surface area contributed by atoms with Gasteiger partial charge in [-0.15, -0.1) is 4.91 Å². The SMILES string of the molecule is COC(=O)C1CC(c2ccc(CC(F)(F)F)c(F)c2)CN(C(=O)Oc2ccc(N=O)cc2)C1. The van der Waals surface area contributed by atoms with Crippen molar-refractivity contribution in [1.29, 1.82) is 0 Å². The van der Waals surface area contributed by atoms with Crippen LogP contribution in [-0.4, -0.2) is 43.3 Å². The number of carbonyl (C=O) groups is 2. The van der Waals surface area contributed by atoms with Gasteiger partial charge in [-0.3, -0.25) is 4.79 Å². The monoisotopic (exact) mass is 468 g/mol. The summed E-state index contributed by atoms with van der Waals surface area (Å²) in [4.78, 5) is 36.6. The number of methoxy groups -OCH3 is 1. The largest absolute Gasteiger partial charge is 0.469 e. The molecule has 1 fully saturated rings. The Balaban J connectivity index is 1.80. The minimum atomic E-state index is -4.55. The molecule has 176 valence electrons. The standard InChI is InChI=1S/C22H20F4N2O5/c1-32-20(29)16-8-15(13-2-3-14(19(23)9-13)10-22(24,25)26)11-28(12-16)21(30)33-18-6-4-17(27-31)5-7-18/h2-7,9,15-16H,8,10-12H2,1H3. The average molecular weight is 468 g/mol. The van der Waals surface area contributed by atoms with E-state index in [0.717, 1.165) is 12.1 Å². The van der Waals surface area contributed by atoms with Crippen molar-refractivity contribution in [3.05, 3.63) is 64.3 Å². The lowest BCUT2D eigenvalue weighted by molar-refractivity contribution is -0.147. The van der Waals surface area contributed by atoms with Gasteiger partial charge in [0.15, 0.2) is 0 Å². The fourth-order valence-electron chi connectivity index (χ4n) is 3.74. The van der Waals surface area contributed by atoms with Gasteiger partial charge in [-0.2, -0.15) is 13.2 Å². The predicted molar refractivity (Wildman–Crippen MR) is 109 cm³/mol. The van der Waals surface area contributed by atoms with Crippen LogP contribution in [-0.2, 0) is 16.0 Å². The van der Waals surface area contributed by atoms with E-state index < -0.39 is 47.9 Å². The summed E-state index contributed by atoms with van der Waals surface area (Å²) in [5, 5.41) is 2.75. The quantitative estimate of drug-likeness (QED) is 0.346. The first-order valence-corrected chi connectivity index (χ1v) is 9.92. The molecule has 11 heteroatoms. The second kappa shape index (κ2) is 9.97. The number of hydrogen-bond donors (Lipinski definition) is 0. The number of likely N-dealkylation sites (tertiary alicyclic amines) is 1. The highest BCUT2D eigenvalue weighted by molar-refractivity contribution is 5.76. The molecule has 2 aromatic rings. The fraction of sp³-hybridized carbons (Fsp3) is 0.364. The number of nitrogens with zero attached hydrogens (tertiary/aromatic N) is 2. The first-order valence-electron chi connectivity index (χ1n) is 9.92. The van der Waals surface area contributed by atoms with E-state index in [-0.39, 0.29) is 30.9 Å². The third-order valence-corrected chi connectivity index (χ3v) is 5.33. The molecule has 1 aliphatic heterocycles. The topological polar surface area (TPSA) is 85.3 Å². The van der Waals surface area contributed by atoms with Crippen molar-refractivity contribution in [3.8, 4) is 5.75 Å². The molecule has 0 aliphatic carbocycles. The van der Waals surface area contributed by atoms with Gasteiger partial charge in [0, 0.05) is 19.0 Å². The smallest absolute Gasteiger partial charge is 0.415 e. The molecule has 0 spiro atoms. The number of halogens is 4. The molecule has 0 bridgehead atoms. The van der Waals surface area contributed by atoms with Crippen molar-refractivity contribution in [2.45, 2.75) is 24.9 Å². The highest BCUT2D eigenvalue weighted by Crippen LogP contribution is 2.33. The van der Waals surface area contributed by atoms with Crippen LogP contribution in [0.2, 0.25) is 0 Å². The number of piperidine rings is 1. The number of nitroso groups, excluding NO2 is 1. The molecule has 2 unspecified atom stereocenters. The minimum Gasteiger partial charge on any atom is -0.469 e. The van der Waals surface area contributed by atoms with Crippen molar-refractivity contribution < 1.29 is 36.6 Å². The van der Waals surface area contributed by atoms with E-state index in [0.29, 0.717) is 5.56 Å². The van der Waals surface area contributed by atoms with Crippen LogP contribution in [0.5, 0.6) is 5.75 Å². The summed E-state index contributed by atoms with van der Waals surface area (Å²) < 4.78 is 62.3. The van der Waals surface area contributed by atoms with Crippen LogP contribution in [0.1, 0.15) is 23.5 Å². The summed E-state index contributed by atoms with van der Waals surface area (Å²) in [5.74, 6) is -2.71. The maximum Gasteiger partial charge on any atom is 0.415 e.